The standard InChI is InChI=1S/C5H9F2NO3S/c6-5(7)12(10,11)8-2-1-4(9)3-8/h4-5,9H,1-3H2/t4-/m0/s1. The van der Waals surface area contributed by atoms with E-state index in [0.29, 0.717) is 4.31 Å². The maximum Gasteiger partial charge on any atom is 0.350 e. The van der Waals surface area contributed by atoms with Crippen LogP contribution in [-0.2, 0) is 10.0 Å². The third kappa shape index (κ3) is 1.73. The van der Waals surface area contributed by atoms with Gasteiger partial charge < -0.3 is 5.11 Å². The van der Waals surface area contributed by atoms with Crippen molar-refractivity contribution in [1.29, 1.82) is 0 Å². The molecule has 0 bridgehead atoms. The van der Waals surface area contributed by atoms with Crippen molar-refractivity contribution in [3.8, 4) is 0 Å². The fraction of sp³-hybridized carbons (Fsp3) is 1.00. The molecule has 0 aromatic carbocycles. The van der Waals surface area contributed by atoms with Crippen LogP contribution in [0, 0.1) is 0 Å². The fourth-order valence-electron chi connectivity index (χ4n) is 1.05. The van der Waals surface area contributed by atoms with E-state index in [1.54, 1.807) is 0 Å². The summed E-state index contributed by atoms with van der Waals surface area (Å²) in [6.07, 6.45) is -0.579. The third-order valence-corrected chi connectivity index (χ3v) is 3.21. The first-order valence-electron chi connectivity index (χ1n) is 3.40. The highest BCUT2D eigenvalue weighted by Gasteiger charge is 2.36. The van der Waals surface area contributed by atoms with Crippen molar-refractivity contribution in [2.75, 3.05) is 13.1 Å². The van der Waals surface area contributed by atoms with Gasteiger partial charge in [-0.3, -0.25) is 0 Å². The van der Waals surface area contributed by atoms with Crippen LogP contribution >= 0.6 is 0 Å². The van der Waals surface area contributed by atoms with Crippen molar-refractivity contribution >= 4 is 10.0 Å². The van der Waals surface area contributed by atoms with Crippen LogP contribution in [0.15, 0.2) is 0 Å². The lowest BCUT2D eigenvalue weighted by molar-refractivity contribution is 0.184. The molecule has 0 unspecified atom stereocenters. The van der Waals surface area contributed by atoms with Crippen LogP contribution in [0.25, 0.3) is 0 Å². The highest BCUT2D eigenvalue weighted by atomic mass is 32.2. The Hall–Kier alpha value is -0.270. The summed E-state index contributed by atoms with van der Waals surface area (Å²) in [5, 5.41) is 8.89. The number of aliphatic hydroxyl groups is 1. The monoisotopic (exact) mass is 201 g/mol. The zero-order valence-corrected chi connectivity index (χ0v) is 6.97. The van der Waals surface area contributed by atoms with E-state index in [-0.39, 0.29) is 19.5 Å². The molecule has 72 valence electrons. The number of aliphatic hydroxyl groups excluding tert-OH is 1. The second-order valence-corrected chi connectivity index (χ2v) is 4.51. The van der Waals surface area contributed by atoms with Gasteiger partial charge in [-0.05, 0) is 6.42 Å². The van der Waals surface area contributed by atoms with Gasteiger partial charge in [0.1, 0.15) is 0 Å². The van der Waals surface area contributed by atoms with Gasteiger partial charge in [-0.1, -0.05) is 0 Å². The molecule has 1 aliphatic heterocycles. The smallest absolute Gasteiger partial charge is 0.350 e. The summed E-state index contributed by atoms with van der Waals surface area (Å²) < 4.78 is 45.9. The molecule has 12 heavy (non-hydrogen) atoms. The highest BCUT2D eigenvalue weighted by Crippen LogP contribution is 2.18. The third-order valence-electron chi connectivity index (χ3n) is 1.71. The van der Waals surface area contributed by atoms with E-state index in [9.17, 15) is 17.2 Å². The predicted molar refractivity (Wildman–Crippen MR) is 37.1 cm³/mol. The molecule has 0 aromatic rings. The molecule has 0 aliphatic carbocycles. The number of nitrogens with zero attached hydrogens (tertiary/aromatic N) is 1. The van der Waals surface area contributed by atoms with Gasteiger partial charge in [0.25, 0.3) is 10.0 Å². The summed E-state index contributed by atoms with van der Waals surface area (Å²) >= 11 is 0. The maximum absolute atomic E-state index is 11.9. The predicted octanol–water partition coefficient (Wildman–Crippen LogP) is -0.395. The van der Waals surface area contributed by atoms with Crippen molar-refractivity contribution in [3.05, 3.63) is 0 Å². The Balaban J connectivity index is 2.71. The maximum atomic E-state index is 11.9. The van der Waals surface area contributed by atoms with E-state index in [1.807, 2.05) is 0 Å². The van der Waals surface area contributed by atoms with Crippen LogP contribution < -0.4 is 0 Å². The molecule has 0 radical (unpaired) electrons. The number of halogens is 2. The fourth-order valence-corrected chi connectivity index (χ4v) is 2.02. The molecule has 0 amide bonds. The van der Waals surface area contributed by atoms with Crippen LogP contribution in [0.1, 0.15) is 6.42 Å². The molecule has 0 spiro atoms. The van der Waals surface area contributed by atoms with E-state index < -0.39 is 21.9 Å². The zero-order chi connectivity index (χ0) is 9.35. The first-order chi connectivity index (χ1) is 5.44. The molecule has 1 rings (SSSR count). The molecule has 1 aliphatic rings. The zero-order valence-electron chi connectivity index (χ0n) is 6.15. The Bertz CT molecular complexity index is 253. The lowest BCUT2D eigenvalue weighted by Gasteiger charge is -2.13. The van der Waals surface area contributed by atoms with Crippen molar-refractivity contribution in [1.82, 2.24) is 4.31 Å². The second-order valence-electron chi connectivity index (χ2n) is 2.61. The summed E-state index contributed by atoms with van der Waals surface area (Å²) in [6.45, 7) is -0.236. The van der Waals surface area contributed by atoms with Gasteiger partial charge in [0, 0.05) is 13.1 Å². The lowest BCUT2D eigenvalue weighted by Crippen LogP contribution is -2.34. The van der Waals surface area contributed by atoms with Crippen LogP contribution in [-0.4, -0.2) is 42.8 Å². The molecule has 4 nitrogen and oxygen atoms in total. The summed E-state index contributed by atoms with van der Waals surface area (Å²) in [7, 11) is -4.47. The Morgan fingerprint density at radius 2 is 2.08 bits per heavy atom. The summed E-state index contributed by atoms with van der Waals surface area (Å²) in [5.41, 5.74) is 0. The molecule has 1 N–H and O–H groups in total. The molecule has 1 fully saturated rings. The van der Waals surface area contributed by atoms with Crippen LogP contribution in [0.3, 0.4) is 0 Å². The van der Waals surface area contributed by atoms with E-state index in [0.717, 1.165) is 0 Å². The van der Waals surface area contributed by atoms with Gasteiger partial charge in [-0.15, -0.1) is 0 Å². The largest absolute Gasteiger partial charge is 0.392 e. The summed E-state index contributed by atoms with van der Waals surface area (Å²) in [6, 6.07) is 0. The van der Waals surface area contributed by atoms with E-state index >= 15 is 0 Å². The molecule has 0 aromatic heterocycles. The molecule has 1 atom stereocenters. The minimum Gasteiger partial charge on any atom is -0.392 e. The average Bonchev–Trinajstić information content (AvgIpc) is 2.35. The van der Waals surface area contributed by atoms with Crippen LogP contribution in [0.5, 0.6) is 0 Å². The average molecular weight is 201 g/mol. The number of alkyl halides is 2. The number of rotatable bonds is 2. The minimum atomic E-state index is -4.47. The molecule has 1 heterocycles. The second kappa shape index (κ2) is 3.23. The number of hydrogen-bond acceptors (Lipinski definition) is 3. The molecule has 1 saturated heterocycles. The highest BCUT2D eigenvalue weighted by molar-refractivity contribution is 7.89. The van der Waals surface area contributed by atoms with Crippen molar-refractivity contribution in [3.63, 3.8) is 0 Å². The van der Waals surface area contributed by atoms with Crippen LogP contribution in [0.2, 0.25) is 0 Å². The lowest BCUT2D eigenvalue weighted by atomic mass is 10.3. The van der Waals surface area contributed by atoms with E-state index in [2.05, 4.69) is 0 Å². The van der Waals surface area contributed by atoms with Gasteiger partial charge in [0.2, 0.25) is 0 Å². The number of β-amino-alcohol motifs (C(OH)–C–C–N with tert-alkyl or cyclic N) is 1. The van der Waals surface area contributed by atoms with E-state index in [4.69, 9.17) is 5.11 Å². The van der Waals surface area contributed by atoms with E-state index in [1.165, 1.54) is 0 Å². The first kappa shape index (κ1) is 9.82. The number of hydrogen-bond donors (Lipinski definition) is 1. The van der Waals surface area contributed by atoms with Gasteiger partial charge in [0.15, 0.2) is 0 Å². The Morgan fingerprint density at radius 3 is 2.42 bits per heavy atom. The van der Waals surface area contributed by atoms with Crippen molar-refractivity contribution < 1.29 is 22.3 Å². The van der Waals surface area contributed by atoms with Gasteiger partial charge >= 0.3 is 5.76 Å². The van der Waals surface area contributed by atoms with Gasteiger partial charge in [-0.2, -0.15) is 13.1 Å². The Kier molecular flexibility index (Phi) is 2.64. The minimum absolute atomic E-state index is 0.0200. The summed E-state index contributed by atoms with van der Waals surface area (Å²) in [5.74, 6) is -3.39. The SMILES string of the molecule is O=S(=O)(C(F)F)N1CC[C@H](O)C1. The van der Waals surface area contributed by atoms with Crippen molar-refractivity contribution in [2.24, 2.45) is 0 Å². The first-order valence-corrected chi connectivity index (χ1v) is 4.90. The molecular formula is C5H9F2NO3S. The summed E-state index contributed by atoms with van der Waals surface area (Å²) in [4.78, 5) is 0. The Morgan fingerprint density at radius 1 is 1.50 bits per heavy atom. The normalized spacial score (nSPS) is 26.8. The van der Waals surface area contributed by atoms with Crippen LogP contribution in [0.4, 0.5) is 8.78 Å². The van der Waals surface area contributed by atoms with Crippen molar-refractivity contribution in [2.45, 2.75) is 18.3 Å². The molecule has 0 saturated carbocycles. The molecular weight excluding hydrogens is 192 g/mol. The Labute approximate surface area is 68.8 Å². The van der Waals surface area contributed by atoms with Gasteiger partial charge in [-0.25, -0.2) is 8.42 Å². The van der Waals surface area contributed by atoms with Gasteiger partial charge in [0.05, 0.1) is 6.10 Å². The molecule has 7 heteroatoms. The quantitative estimate of drug-likeness (QED) is 0.661. The number of sulfonamides is 1. The topological polar surface area (TPSA) is 57.6 Å².